The Bertz CT molecular complexity index is 1700. The quantitative estimate of drug-likeness (QED) is 0.142. The van der Waals surface area contributed by atoms with Gasteiger partial charge in [-0.15, -0.1) is 11.3 Å². The van der Waals surface area contributed by atoms with Crippen molar-refractivity contribution in [3.63, 3.8) is 0 Å². The van der Waals surface area contributed by atoms with Gasteiger partial charge in [0.05, 0.1) is 18.7 Å². The van der Waals surface area contributed by atoms with Gasteiger partial charge < -0.3 is 14.0 Å². The summed E-state index contributed by atoms with van der Waals surface area (Å²) in [7, 11) is -1.70. The fraction of sp³-hybridized carbons (Fsp3) is 0.375. The molecule has 240 valence electrons. The molecular weight excluding hydrogens is 620 g/mol. The molecule has 0 saturated heterocycles. The Hall–Kier alpha value is -3.94. The summed E-state index contributed by atoms with van der Waals surface area (Å²) in [5, 5.41) is 2.11. The molecule has 45 heavy (non-hydrogen) atoms. The van der Waals surface area contributed by atoms with Crippen molar-refractivity contribution in [2.75, 3.05) is 18.6 Å². The van der Waals surface area contributed by atoms with Crippen LogP contribution in [0.5, 0.6) is 0 Å². The standard InChI is InChI=1S/C32H37FN4O6S2/c1-32(2,3)43-31(39)27(15-19-45(5,40)41)37(29(38)26-9-7-6-8-25(26)22-10-12-23(33)13-11-22)30(28-35-16-18-44-28)42-17-14-24-20-34-21-36(24)4/h6-13,16,18,20-21,27,30H,14-15,17,19H2,1-5H3/t27-,30?/m0/s1. The molecule has 0 radical (unpaired) electrons. The van der Waals surface area contributed by atoms with Gasteiger partial charge in [-0.3, -0.25) is 9.69 Å². The van der Waals surface area contributed by atoms with Gasteiger partial charge >= 0.3 is 5.97 Å². The Kier molecular flexibility index (Phi) is 10.9. The molecule has 13 heteroatoms. The average Bonchev–Trinajstić information content (AvgIpc) is 3.65. The number of thiazole rings is 1. The fourth-order valence-corrected chi connectivity index (χ4v) is 6.03. The number of hydrogen-bond acceptors (Lipinski definition) is 9. The maximum absolute atomic E-state index is 14.8. The second-order valence-electron chi connectivity index (χ2n) is 11.6. The minimum absolute atomic E-state index is 0.125. The highest BCUT2D eigenvalue weighted by molar-refractivity contribution is 7.90. The minimum atomic E-state index is -3.55. The van der Waals surface area contributed by atoms with E-state index in [1.807, 2.05) is 11.6 Å². The zero-order valence-electron chi connectivity index (χ0n) is 25.8. The molecule has 0 saturated carbocycles. The van der Waals surface area contributed by atoms with Crippen LogP contribution in [0.4, 0.5) is 4.39 Å². The highest BCUT2D eigenvalue weighted by atomic mass is 32.2. The maximum Gasteiger partial charge on any atom is 0.329 e. The van der Waals surface area contributed by atoms with E-state index in [1.165, 1.54) is 28.4 Å². The van der Waals surface area contributed by atoms with Gasteiger partial charge in [-0.1, -0.05) is 30.3 Å². The lowest BCUT2D eigenvalue weighted by Crippen LogP contribution is -2.50. The molecule has 0 fully saturated rings. The molecule has 2 aromatic heterocycles. The normalized spacial score (nSPS) is 13.3. The summed E-state index contributed by atoms with van der Waals surface area (Å²) >= 11 is 1.23. The third-order valence-electron chi connectivity index (χ3n) is 6.79. The Balaban J connectivity index is 1.86. The summed E-state index contributed by atoms with van der Waals surface area (Å²) in [4.78, 5) is 38.5. The van der Waals surface area contributed by atoms with Gasteiger partial charge in [-0.25, -0.2) is 27.6 Å². The largest absolute Gasteiger partial charge is 0.458 e. The van der Waals surface area contributed by atoms with Crippen LogP contribution in [0.3, 0.4) is 0 Å². The SMILES string of the molecule is Cn1cncc1CCOC(c1nccs1)N(C(=O)c1ccccc1-c1ccc(F)cc1)[C@@H](CCS(C)(=O)=O)C(=O)OC(C)(C)C. The number of ether oxygens (including phenoxy) is 2. The summed E-state index contributed by atoms with van der Waals surface area (Å²) in [6.45, 7) is 5.20. The predicted octanol–water partition coefficient (Wildman–Crippen LogP) is 5.23. The number of imidazole rings is 1. The number of hydrogen-bond donors (Lipinski definition) is 0. The molecule has 0 aliphatic heterocycles. The molecule has 0 N–H and O–H groups in total. The van der Waals surface area contributed by atoms with Crippen LogP contribution in [0.25, 0.3) is 11.1 Å². The Morgan fingerprint density at radius 2 is 1.82 bits per heavy atom. The van der Waals surface area contributed by atoms with E-state index in [0.29, 0.717) is 22.6 Å². The van der Waals surface area contributed by atoms with Crippen LogP contribution in [-0.4, -0.2) is 70.0 Å². The van der Waals surface area contributed by atoms with E-state index >= 15 is 0 Å². The molecule has 1 amide bonds. The molecule has 0 spiro atoms. The van der Waals surface area contributed by atoms with Crippen LogP contribution in [0.1, 0.15) is 54.5 Å². The molecule has 2 atom stereocenters. The van der Waals surface area contributed by atoms with Gasteiger partial charge in [-0.2, -0.15) is 0 Å². The summed E-state index contributed by atoms with van der Waals surface area (Å²) in [6, 6.07) is 11.1. The number of carbonyl (C=O) groups excluding carboxylic acids is 2. The van der Waals surface area contributed by atoms with Crippen LogP contribution in [0.2, 0.25) is 0 Å². The lowest BCUT2D eigenvalue weighted by atomic mass is 9.98. The number of amides is 1. The second kappa shape index (κ2) is 14.4. The van der Waals surface area contributed by atoms with Gasteiger partial charge in [-0.05, 0) is 56.5 Å². The molecule has 0 aliphatic carbocycles. The summed E-state index contributed by atoms with van der Waals surface area (Å²) in [6.07, 6.45) is 5.02. The lowest BCUT2D eigenvalue weighted by Gasteiger charge is -2.37. The molecular formula is C32H37FN4O6S2. The second-order valence-corrected chi connectivity index (χ2v) is 14.8. The van der Waals surface area contributed by atoms with E-state index in [0.717, 1.165) is 11.9 Å². The fourth-order valence-electron chi connectivity index (χ4n) is 4.69. The third-order valence-corrected chi connectivity index (χ3v) is 8.57. The molecule has 2 aromatic carbocycles. The van der Waals surface area contributed by atoms with Crippen LogP contribution >= 0.6 is 11.3 Å². The third kappa shape index (κ3) is 9.28. The number of halogens is 1. The summed E-state index contributed by atoms with van der Waals surface area (Å²) in [5.41, 5.74) is 1.22. The molecule has 4 aromatic rings. The number of benzene rings is 2. The highest BCUT2D eigenvalue weighted by Gasteiger charge is 2.41. The number of esters is 1. The van der Waals surface area contributed by atoms with E-state index in [9.17, 15) is 22.4 Å². The van der Waals surface area contributed by atoms with Crippen molar-refractivity contribution < 1.29 is 31.9 Å². The molecule has 2 heterocycles. The minimum Gasteiger partial charge on any atom is -0.458 e. The van der Waals surface area contributed by atoms with Crippen LogP contribution < -0.4 is 0 Å². The average molecular weight is 657 g/mol. The number of carbonyl (C=O) groups is 2. The first-order valence-corrected chi connectivity index (χ1v) is 17.2. The van der Waals surface area contributed by atoms with Crippen LogP contribution in [0, 0.1) is 5.82 Å². The Labute approximate surface area is 266 Å². The van der Waals surface area contributed by atoms with Crippen molar-refractivity contribution in [3.05, 3.63) is 94.7 Å². The first kappa shape index (κ1) is 33.9. The number of aromatic nitrogens is 3. The monoisotopic (exact) mass is 656 g/mol. The van der Waals surface area contributed by atoms with Gasteiger partial charge in [0.1, 0.15) is 32.3 Å². The van der Waals surface area contributed by atoms with Crippen LogP contribution in [-0.2, 0) is 37.6 Å². The van der Waals surface area contributed by atoms with E-state index in [4.69, 9.17) is 9.47 Å². The topological polar surface area (TPSA) is 121 Å². The number of nitrogens with zero attached hydrogens (tertiary/aromatic N) is 4. The molecule has 1 unspecified atom stereocenters. The molecule has 10 nitrogen and oxygen atoms in total. The van der Waals surface area contributed by atoms with Gasteiger partial charge in [0.25, 0.3) is 5.91 Å². The highest BCUT2D eigenvalue weighted by Crippen LogP contribution is 2.33. The summed E-state index contributed by atoms with van der Waals surface area (Å²) < 4.78 is 52.5. The smallest absolute Gasteiger partial charge is 0.329 e. The molecule has 0 bridgehead atoms. The van der Waals surface area contributed by atoms with Gasteiger partial charge in [0, 0.05) is 48.8 Å². The van der Waals surface area contributed by atoms with E-state index in [1.54, 1.807) is 81.3 Å². The zero-order chi connectivity index (χ0) is 32.8. The van der Waals surface area contributed by atoms with E-state index in [-0.39, 0.29) is 24.3 Å². The summed E-state index contributed by atoms with van der Waals surface area (Å²) in [5.74, 6) is -2.21. The first-order valence-electron chi connectivity index (χ1n) is 14.3. The molecule has 0 aliphatic rings. The zero-order valence-corrected chi connectivity index (χ0v) is 27.5. The maximum atomic E-state index is 14.8. The van der Waals surface area contributed by atoms with E-state index < -0.39 is 45.4 Å². The van der Waals surface area contributed by atoms with Gasteiger partial charge in [0.2, 0.25) is 0 Å². The Morgan fingerprint density at radius 3 is 2.42 bits per heavy atom. The van der Waals surface area contributed by atoms with Crippen LogP contribution in [0.15, 0.2) is 72.6 Å². The number of aryl methyl sites for hydroxylation is 1. The van der Waals surface area contributed by atoms with Crippen molar-refractivity contribution in [3.8, 4) is 11.1 Å². The lowest BCUT2D eigenvalue weighted by molar-refractivity contribution is -0.166. The van der Waals surface area contributed by atoms with E-state index in [2.05, 4.69) is 9.97 Å². The van der Waals surface area contributed by atoms with Crippen molar-refractivity contribution >= 4 is 33.1 Å². The van der Waals surface area contributed by atoms with Gasteiger partial charge in [0.15, 0.2) is 6.23 Å². The predicted molar refractivity (Wildman–Crippen MR) is 170 cm³/mol. The Morgan fingerprint density at radius 1 is 1.11 bits per heavy atom. The number of rotatable bonds is 13. The van der Waals surface area contributed by atoms with Crippen molar-refractivity contribution in [1.82, 2.24) is 19.4 Å². The molecule has 4 rings (SSSR count). The number of sulfone groups is 1. The van der Waals surface area contributed by atoms with Crippen molar-refractivity contribution in [2.24, 2.45) is 7.05 Å². The first-order chi connectivity index (χ1) is 21.2. The van der Waals surface area contributed by atoms with Crippen molar-refractivity contribution in [1.29, 1.82) is 0 Å². The van der Waals surface area contributed by atoms with Crippen molar-refractivity contribution in [2.45, 2.75) is 51.5 Å².